The van der Waals surface area contributed by atoms with E-state index in [1.165, 1.54) is 17.7 Å². The summed E-state index contributed by atoms with van der Waals surface area (Å²) in [7, 11) is 0. The van der Waals surface area contributed by atoms with E-state index in [9.17, 15) is 0 Å². The average Bonchev–Trinajstić information content (AvgIpc) is 2.82. The highest BCUT2D eigenvalue weighted by molar-refractivity contribution is 7.10. The van der Waals surface area contributed by atoms with Gasteiger partial charge >= 0.3 is 0 Å². The summed E-state index contributed by atoms with van der Waals surface area (Å²) in [5.41, 5.74) is 0. The molecule has 1 N–H and O–H groups in total. The summed E-state index contributed by atoms with van der Waals surface area (Å²) in [6, 6.07) is 5.61. The molecule has 0 radical (unpaired) electrons. The second-order valence-electron chi connectivity index (χ2n) is 4.75. The average molecular weight is 219 g/mol. The predicted octanol–water partition coefficient (Wildman–Crippen LogP) is 3.36. The molecule has 1 heterocycles. The van der Waals surface area contributed by atoms with Gasteiger partial charge in [0.05, 0.1) is 0 Å². The van der Waals surface area contributed by atoms with Crippen molar-refractivity contribution >= 4 is 11.3 Å². The SMILES string of the molecule is C[C@@H](NC1CC2CC=CC21)c1cccs1. The molecular weight excluding hydrogens is 202 g/mol. The number of fused-ring (bicyclic) bond motifs is 1. The van der Waals surface area contributed by atoms with Gasteiger partial charge in [0.1, 0.15) is 0 Å². The Balaban J connectivity index is 1.60. The first-order chi connectivity index (χ1) is 7.34. The zero-order chi connectivity index (χ0) is 10.3. The van der Waals surface area contributed by atoms with Crippen LogP contribution in [0.4, 0.5) is 0 Å². The molecule has 1 aromatic heterocycles. The topological polar surface area (TPSA) is 12.0 Å². The van der Waals surface area contributed by atoms with Gasteiger partial charge in [-0.1, -0.05) is 18.2 Å². The fraction of sp³-hybridized carbons (Fsp3) is 0.538. The number of rotatable bonds is 3. The van der Waals surface area contributed by atoms with Crippen molar-refractivity contribution in [2.24, 2.45) is 11.8 Å². The van der Waals surface area contributed by atoms with Gasteiger partial charge in [0.2, 0.25) is 0 Å². The van der Waals surface area contributed by atoms with Crippen LogP contribution in [0.3, 0.4) is 0 Å². The molecule has 0 aromatic carbocycles. The van der Waals surface area contributed by atoms with E-state index in [4.69, 9.17) is 0 Å². The van der Waals surface area contributed by atoms with Crippen LogP contribution in [0.2, 0.25) is 0 Å². The summed E-state index contributed by atoms with van der Waals surface area (Å²) in [4.78, 5) is 1.46. The summed E-state index contributed by atoms with van der Waals surface area (Å²) in [6.45, 7) is 2.28. The Labute approximate surface area is 95.2 Å². The minimum atomic E-state index is 0.518. The maximum atomic E-state index is 3.75. The van der Waals surface area contributed by atoms with Crippen LogP contribution in [0.25, 0.3) is 0 Å². The lowest BCUT2D eigenvalue weighted by atomic mass is 9.71. The van der Waals surface area contributed by atoms with Gasteiger partial charge in [-0.15, -0.1) is 11.3 Å². The first-order valence-electron chi connectivity index (χ1n) is 5.80. The van der Waals surface area contributed by atoms with Crippen molar-refractivity contribution in [3.05, 3.63) is 34.5 Å². The van der Waals surface area contributed by atoms with Crippen LogP contribution >= 0.6 is 11.3 Å². The molecule has 2 aliphatic carbocycles. The van der Waals surface area contributed by atoms with Gasteiger partial charge in [-0.05, 0) is 43.0 Å². The molecule has 2 heteroatoms. The van der Waals surface area contributed by atoms with Gasteiger partial charge in [-0.2, -0.15) is 0 Å². The Morgan fingerprint density at radius 2 is 2.47 bits per heavy atom. The highest BCUT2D eigenvalue weighted by atomic mass is 32.1. The third-order valence-corrected chi connectivity index (χ3v) is 4.85. The van der Waals surface area contributed by atoms with Crippen LogP contribution in [0.5, 0.6) is 0 Å². The zero-order valence-corrected chi connectivity index (χ0v) is 9.84. The molecule has 3 unspecified atom stereocenters. The highest BCUT2D eigenvalue weighted by Gasteiger charge is 2.41. The van der Waals surface area contributed by atoms with Crippen molar-refractivity contribution in [2.75, 3.05) is 0 Å². The second kappa shape index (κ2) is 3.76. The molecule has 80 valence electrons. The van der Waals surface area contributed by atoms with Crippen molar-refractivity contribution < 1.29 is 0 Å². The molecule has 0 aliphatic heterocycles. The molecule has 3 rings (SSSR count). The number of hydrogen-bond acceptors (Lipinski definition) is 2. The van der Waals surface area contributed by atoms with Crippen LogP contribution in [-0.2, 0) is 0 Å². The van der Waals surface area contributed by atoms with Gasteiger partial charge in [0.15, 0.2) is 0 Å². The Bertz CT molecular complexity index is 355. The molecule has 0 amide bonds. The smallest absolute Gasteiger partial charge is 0.0388 e. The summed E-state index contributed by atoms with van der Waals surface area (Å²) in [5.74, 6) is 1.78. The van der Waals surface area contributed by atoms with Crippen molar-refractivity contribution in [1.82, 2.24) is 5.32 Å². The molecule has 1 fully saturated rings. The van der Waals surface area contributed by atoms with E-state index < -0.39 is 0 Å². The standard InChI is InChI=1S/C13H17NS/c1-9(13-6-3-7-15-13)14-12-8-10-4-2-5-11(10)12/h2-3,5-7,9-12,14H,4,8H2,1H3/t9-,10?,11?,12?/m1/s1. The van der Waals surface area contributed by atoms with Crippen molar-refractivity contribution in [3.8, 4) is 0 Å². The summed E-state index contributed by atoms with van der Waals surface area (Å²) in [6.07, 6.45) is 7.45. The lowest BCUT2D eigenvalue weighted by Gasteiger charge is -2.42. The highest BCUT2D eigenvalue weighted by Crippen LogP contribution is 2.43. The van der Waals surface area contributed by atoms with Gasteiger partial charge in [-0.3, -0.25) is 0 Å². The second-order valence-corrected chi connectivity index (χ2v) is 5.73. The van der Waals surface area contributed by atoms with E-state index in [-0.39, 0.29) is 0 Å². The Morgan fingerprint density at radius 3 is 3.20 bits per heavy atom. The summed E-state index contributed by atoms with van der Waals surface area (Å²) in [5, 5.41) is 5.91. The van der Waals surface area contributed by atoms with Crippen molar-refractivity contribution in [2.45, 2.75) is 31.8 Å². The quantitative estimate of drug-likeness (QED) is 0.769. The number of nitrogens with one attached hydrogen (secondary N) is 1. The van der Waals surface area contributed by atoms with Gasteiger partial charge in [-0.25, -0.2) is 0 Å². The lowest BCUT2D eigenvalue weighted by molar-refractivity contribution is 0.153. The minimum absolute atomic E-state index is 0.518. The molecule has 0 bridgehead atoms. The lowest BCUT2D eigenvalue weighted by Crippen LogP contribution is -2.48. The molecular formula is C13H17NS. The largest absolute Gasteiger partial charge is 0.306 e. The first kappa shape index (κ1) is 9.61. The van der Waals surface area contributed by atoms with Crippen molar-refractivity contribution in [3.63, 3.8) is 0 Å². The molecule has 0 saturated heterocycles. The van der Waals surface area contributed by atoms with Crippen molar-refractivity contribution in [1.29, 1.82) is 0 Å². The van der Waals surface area contributed by atoms with E-state index in [1.807, 2.05) is 11.3 Å². The summed E-state index contributed by atoms with van der Waals surface area (Å²) < 4.78 is 0. The molecule has 4 atom stereocenters. The zero-order valence-electron chi connectivity index (χ0n) is 9.02. The molecule has 15 heavy (non-hydrogen) atoms. The Hall–Kier alpha value is -0.600. The third-order valence-electron chi connectivity index (χ3n) is 3.80. The first-order valence-corrected chi connectivity index (χ1v) is 6.68. The van der Waals surface area contributed by atoms with Crippen LogP contribution in [0.1, 0.15) is 30.7 Å². The molecule has 1 nitrogen and oxygen atoms in total. The minimum Gasteiger partial charge on any atom is -0.306 e. The van der Waals surface area contributed by atoms with Crippen LogP contribution in [0.15, 0.2) is 29.7 Å². The van der Waals surface area contributed by atoms with Crippen LogP contribution in [-0.4, -0.2) is 6.04 Å². The summed E-state index contributed by atoms with van der Waals surface area (Å²) >= 11 is 1.85. The molecule has 1 aromatic rings. The van der Waals surface area contributed by atoms with E-state index in [0.29, 0.717) is 6.04 Å². The van der Waals surface area contributed by atoms with Gasteiger partial charge in [0.25, 0.3) is 0 Å². The maximum Gasteiger partial charge on any atom is 0.0388 e. The Kier molecular flexibility index (Phi) is 2.41. The van der Waals surface area contributed by atoms with Gasteiger partial charge < -0.3 is 5.32 Å². The molecule has 1 saturated carbocycles. The van der Waals surface area contributed by atoms with Crippen LogP contribution < -0.4 is 5.32 Å². The van der Waals surface area contributed by atoms with E-state index in [2.05, 4.69) is 41.9 Å². The van der Waals surface area contributed by atoms with Gasteiger partial charge in [0, 0.05) is 17.0 Å². The monoisotopic (exact) mass is 219 g/mol. The van der Waals surface area contributed by atoms with E-state index in [0.717, 1.165) is 17.9 Å². The predicted molar refractivity (Wildman–Crippen MR) is 65.0 cm³/mol. The fourth-order valence-corrected chi connectivity index (χ4v) is 3.59. The molecule has 0 spiro atoms. The third kappa shape index (κ3) is 1.66. The van der Waals surface area contributed by atoms with E-state index >= 15 is 0 Å². The number of thiophene rings is 1. The normalized spacial score (nSPS) is 34.9. The number of hydrogen-bond donors (Lipinski definition) is 1. The Morgan fingerprint density at radius 1 is 1.53 bits per heavy atom. The maximum absolute atomic E-state index is 3.75. The number of allylic oxidation sites excluding steroid dienone is 1. The van der Waals surface area contributed by atoms with Crippen LogP contribution in [0, 0.1) is 11.8 Å². The molecule has 2 aliphatic rings. The van der Waals surface area contributed by atoms with E-state index in [1.54, 1.807) is 0 Å². The fourth-order valence-electron chi connectivity index (χ4n) is 2.85.